The topological polar surface area (TPSA) is 30.9 Å². The van der Waals surface area contributed by atoms with E-state index in [1.165, 1.54) is 17.1 Å². The summed E-state index contributed by atoms with van der Waals surface area (Å²) >= 11 is 1.97. The first-order valence-electron chi connectivity index (χ1n) is 8.55. The standard InChI is InChI=1S/C18H30N4S/c1-4-21(3)13-11-20-18(19-2)22-12-10-16(14-22)15-23-17-8-6-5-7-9-17/h5-9,16H,4,10-15H2,1-3H3,(H,19,20). The van der Waals surface area contributed by atoms with Crippen LogP contribution in [0, 0.1) is 5.92 Å². The van der Waals surface area contributed by atoms with E-state index >= 15 is 0 Å². The van der Waals surface area contributed by atoms with Gasteiger partial charge in [0.2, 0.25) is 0 Å². The molecule has 0 amide bonds. The van der Waals surface area contributed by atoms with E-state index in [-0.39, 0.29) is 0 Å². The van der Waals surface area contributed by atoms with Crippen LogP contribution in [0.3, 0.4) is 0 Å². The van der Waals surface area contributed by atoms with Gasteiger partial charge in [0.05, 0.1) is 0 Å². The van der Waals surface area contributed by atoms with Gasteiger partial charge in [-0.3, -0.25) is 4.99 Å². The number of rotatable bonds is 7. The Morgan fingerprint density at radius 2 is 2.17 bits per heavy atom. The van der Waals surface area contributed by atoms with Gasteiger partial charge in [0.1, 0.15) is 0 Å². The van der Waals surface area contributed by atoms with Crippen LogP contribution in [0.25, 0.3) is 0 Å². The molecule has 0 saturated carbocycles. The van der Waals surface area contributed by atoms with Gasteiger partial charge in [0.15, 0.2) is 5.96 Å². The van der Waals surface area contributed by atoms with Gasteiger partial charge in [-0.25, -0.2) is 0 Å². The average molecular weight is 335 g/mol. The molecule has 0 radical (unpaired) electrons. The molecule has 1 aliphatic rings. The lowest BCUT2D eigenvalue weighted by Crippen LogP contribution is -2.42. The molecule has 1 saturated heterocycles. The fraction of sp³-hybridized carbons (Fsp3) is 0.611. The van der Waals surface area contributed by atoms with Crippen LogP contribution in [0.5, 0.6) is 0 Å². The second-order valence-electron chi connectivity index (χ2n) is 6.09. The number of benzene rings is 1. The molecule has 1 aromatic carbocycles. The quantitative estimate of drug-likeness (QED) is 0.472. The molecule has 23 heavy (non-hydrogen) atoms. The molecule has 1 unspecified atom stereocenters. The monoisotopic (exact) mass is 334 g/mol. The Bertz CT molecular complexity index is 477. The van der Waals surface area contributed by atoms with Gasteiger partial charge in [-0.05, 0) is 38.1 Å². The van der Waals surface area contributed by atoms with Crippen LogP contribution in [-0.4, -0.2) is 68.3 Å². The molecule has 0 bridgehead atoms. The summed E-state index contributed by atoms with van der Waals surface area (Å²) in [6.07, 6.45) is 1.26. The third kappa shape index (κ3) is 6.07. The lowest BCUT2D eigenvalue weighted by molar-refractivity contribution is 0.353. The molecule has 1 heterocycles. The summed E-state index contributed by atoms with van der Waals surface area (Å²) in [5.41, 5.74) is 0. The third-order valence-electron chi connectivity index (χ3n) is 4.34. The summed E-state index contributed by atoms with van der Waals surface area (Å²) in [4.78, 5) is 10.5. The number of nitrogens with zero attached hydrogens (tertiary/aromatic N) is 3. The fourth-order valence-corrected chi connectivity index (χ4v) is 3.79. The van der Waals surface area contributed by atoms with E-state index in [1.807, 2.05) is 18.8 Å². The summed E-state index contributed by atoms with van der Waals surface area (Å²) in [5.74, 6) is 2.99. The Hall–Kier alpha value is -1.20. The third-order valence-corrected chi connectivity index (χ3v) is 5.59. The van der Waals surface area contributed by atoms with Crippen molar-refractivity contribution in [2.24, 2.45) is 10.9 Å². The summed E-state index contributed by atoms with van der Waals surface area (Å²) < 4.78 is 0. The molecule has 2 rings (SSSR count). The molecular weight excluding hydrogens is 304 g/mol. The maximum absolute atomic E-state index is 4.45. The molecule has 1 N–H and O–H groups in total. The maximum Gasteiger partial charge on any atom is 0.193 e. The number of likely N-dealkylation sites (N-methyl/N-ethyl adjacent to an activating group) is 1. The zero-order valence-electron chi connectivity index (χ0n) is 14.7. The van der Waals surface area contributed by atoms with E-state index in [9.17, 15) is 0 Å². The minimum Gasteiger partial charge on any atom is -0.355 e. The molecule has 128 valence electrons. The molecule has 0 aliphatic carbocycles. The molecule has 1 fully saturated rings. The van der Waals surface area contributed by atoms with Crippen LogP contribution in [0.2, 0.25) is 0 Å². The largest absolute Gasteiger partial charge is 0.355 e. The number of hydrogen-bond donors (Lipinski definition) is 1. The van der Waals surface area contributed by atoms with Gasteiger partial charge in [0, 0.05) is 43.9 Å². The van der Waals surface area contributed by atoms with Crippen LogP contribution in [0.4, 0.5) is 0 Å². The maximum atomic E-state index is 4.45. The SMILES string of the molecule is CCN(C)CCNC(=NC)N1CCC(CSc2ccccc2)C1. The Morgan fingerprint density at radius 1 is 1.39 bits per heavy atom. The van der Waals surface area contributed by atoms with Crippen molar-refractivity contribution in [3.05, 3.63) is 30.3 Å². The van der Waals surface area contributed by atoms with Crippen LogP contribution in [-0.2, 0) is 0 Å². The predicted octanol–water partition coefficient (Wildman–Crippen LogP) is 2.63. The molecule has 5 heteroatoms. The van der Waals surface area contributed by atoms with Gasteiger partial charge >= 0.3 is 0 Å². The van der Waals surface area contributed by atoms with Crippen molar-refractivity contribution < 1.29 is 0 Å². The molecular formula is C18H30N4S. The van der Waals surface area contributed by atoms with Crippen molar-refractivity contribution >= 4 is 17.7 Å². The highest BCUT2D eigenvalue weighted by Gasteiger charge is 2.24. The van der Waals surface area contributed by atoms with E-state index in [0.29, 0.717) is 0 Å². The van der Waals surface area contributed by atoms with Crippen LogP contribution in [0.1, 0.15) is 13.3 Å². The van der Waals surface area contributed by atoms with E-state index in [2.05, 4.69) is 64.4 Å². The summed E-state index contributed by atoms with van der Waals surface area (Å²) in [6.45, 7) is 7.51. The lowest BCUT2D eigenvalue weighted by atomic mass is 10.2. The number of likely N-dealkylation sites (tertiary alicyclic amines) is 1. The Labute approximate surface area is 145 Å². The highest BCUT2D eigenvalue weighted by atomic mass is 32.2. The van der Waals surface area contributed by atoms with Gasteiger partial charge in [-0.1, -0.05) is 25.1 Å². The van der Waals surface area contributed by atoms with Crippen molar-refractivity contribution in [1.82, 2.24) is 15.1 Å². The molecule has 1 aromatic rings. The summed E-state index contributed by atoms with van der Waals surface area (Å²) in [5, 5.41) is 3.50. The first-order valence-corrected chi connectivity index (χ1v) is 9.53. The Balaban J connectivity index is 1.72. The van der Waals surface area contributed by atoms with E-state index < -0.39 is 0 Å². The van der Waals surface area contributed by atoms with Crippen molar-refractivity contribution in [3.8, 4) is 0 Å². The highest BCUT2D eigenvalue weighted by molar-refractivity contribution is 7.99. The summed E-state index contributed by atoms with van der Waals surface area (Å²) in [7, 11) is 4.04. The Morgan fingerprint density at radius 3 is 2.87 bits per heavy atom. The highest BCUT2D eigenvalue weighted by Crippen LogP contribution is 2.25. The molecule has 4 nitrogen and oxygen atoms in total. The van der Waals surface area contributed by atoms with Crippen LogP contribution in [0.15, 0.2) is 40.2 Å². The summed E-state index contributed by atoms with van der Waals surface area (Å²) in [6, 6.07) is 10.7. The van der Waals surface area contributed by atoms with E-state index in [0.717, 1.165) is 44.6 Å². The van der Waals surface area contributed by atoms with Gasteiger partial charge in [-0.15, -0.1) is 11.8 Å². The minimum absolute atomic E-state index is 0.747. The molecule has 1 atom stereocenters. The van der Waals surface area contributed by atoms with E-state index in [4.69, 9.17) is 0 Å². The number of nitrogens with one attached hydrogen (secondary N) is 1. The minimum atomic E-state index is 0.747. The van der Waals surface area contributed by atoms with Crippen molar-refractivity contribution in [2.45, 2.75) is 18.2 Å². The van der Waals surface area contributed by atoms with Crippen molar-refractivity contribution in [2.75, 3.05) is 52.6 Å². The zero-order valence-corrected chi connectivity index (χ0v) is 15.5. The van der Waals surface area contributed by atoms with Crippen molar-refractivity contribution in [1.29, 1.82) is 0 Å². The lowest BCUT2D eigenvalue weighted by Gasteiger charge is -2.23. The average Bonchev–Trinajstić information content (AvgIpc) is 3.06. The number of hydrogen-bond acceptors (Lipinski definition) is 3. The van der Waals surface area contributed by atoms with E-state index in [1.54, 1.807) is 0 Å². The molecule has 0 aromatic heterocycles. The van der Waals surface area contributed by atoms with Crippen LogP contribution < -0.4 is 5.32 Å². The fourth-order valence-electron chi connectivity index (χ4n) is 2.74. The van der Waals surface area contributed by atoms with Gasteiger partial charge in [-0.2, -0.15) is 0 Å². The Kier molecular flexibility index (Phi) is 7.76. The second-order valence-corrected chi connectivity index (χ2v) is 7.19. The number of thioether (sulfide) groups is 1. The first kappa shape index (κ1) is 18.1. The van der Waals surface area contributed by atoms with Crippen LogP contribution >= 0.6 is 11.8 Å². The normalized spacial score (nSPS) is 18.7. The van der Waals surface area contributed by atoms with Crippen molar-refractivity contribution in [3.63, 3.8) is 0 Å². The predicted molar refractivity (Wildman–Crippen MR) is 101 cm³/mol. The second kappa shape index (κ2) is 9.83. The van der Waals surface area contributed by atoms with Gasteiger partial charge in [0.25, 0.3) is 0 Å². The van der Waals surface area contributed by atoms with Gasteiger partial charge < -0.3 is 15.1 Å². The first-order chi connectivity index (χ1) is 11.2. The zero-order chi connectivity index (χ0) is 16.5. The number of aliphatic imine (C=N–C) groups is 1. The smallest absolute Gasteiger partial charge is 0.193 e. The molecule has 1 aliphatic heterocycles. The number of guanidine groups is 1. The molecule has 0 spiro atoms.